The van der Waals surface area contributed by atoms with E-state index < -0.39 is 0 Å². The Hall–Kier alpha value is -18.3. The Morgan fingerprint density at radius 2 is 0.547 bits per heavy atom. The fourth-order valence-electron chi connectivity index (χ4n) is 20.9. The number of hydrogen-bond acceptors (Lipinski definition) is 7. The highest BCUT2D eigenvalue weighted by Gasteiger charge is 2.27. The molecule has 1 unspecified atom stereocenters. The molecule has 1 aliphatic rings. The second kappa shape index (κ2) is 34.3. The molecule has 0 aliphatic heterocycles. The third kappa shape index (κ3) is 14.7. The van der Waals surface area contributed by atoms with E-state index in [1.165, 1.54) is 27.5 Å². The molecule has 9 heteroatoms. The molecule has 1 atom stereocenters. The molecule has 0 saturated heterocycles. The van der Waals surface area contributed by atoms with Crippen LogP contribution in [0.3, 0.4) is 0 Å². The third-order valence-corrected chi connectivity index (χ3v) is 27.7. The van der Waals surface area contributed by atoms with Gasteiger partial charge in [0.05, 0.1) is 55.9 Å². The van der Waals surface area contributed by atoms with Crippen molar-refractivity contribution >= 4 is 92.5 Å². The van der Waals surface area contributed by atoms with Gasteiger partial charge in [-0.25, -0.2) is 34.9 Å². The lowest BCUT2D eigenvalue weighted by Crippen LogP contribution is -2.01. The van der Waals surface area contributed by atoms with Gasteiger partial charge in [-0.05, 0) is 197 Å². The van der Waals surface area contributed by atoms with Crippen molar-refractivity contribution in [2.45, 2.75) is 13.3 Å². The standard InChI is InChI=1S/C130H85N9/c1-82-27-24-32-95(77-82)86-57-65-92(66-58-86)118-81-117(91-63-55-85(56-64-91)83-28-6-2-7-29-83)133-129(134-118)109-74-72-103(105-41-14-16-43-107(105)109)89-61-69-94(70-62-89)124-126-122(112-46-19-22-49-116(112)132-124)114-80-98(71-76-120(114)139(126)102-39-12-5-13-40-102)88-53-51-87(52-54-88)97-34-26-36-100(79-97)128-135-127(99-35-25-33-96(78-99)84-30-8-3-9-31-84)136-130(137-128)110-75-73-104(106-42-15-17-44-108(106)110)90-59-67-93(68-60-90)123-125-121(111-45-18-21-48-115(111)131-123)113-47-20-23-50-119(113)138(125)101-37-10-4-11-38-101/h2-26,28-82H,27H2,1H3. The molecule has 0 spiro atoms. The molecule has 1 aliphatic carbocycles. The molecule has 6 heterocycles. The molecule has 25 aromatic rings. The molecule has 139 heavy (non-hydrogen) atoms. The average Bonchev–Trinajstić information content (AvgIpc) is 1.56. The number of pyridine rings is 2. The quantitative estimate of drug-likeness (QED) is 0.0895. The summed E-state index contributed by atoms with van der Waals surface area (Å²) in [6.07, 6.45) is 7.95. The Labute approximate surface area is 803 Å². The number of benzene rings is 19. The van der Waals surface area contributed by atoms with Gasteiger partial charge in [-0.1, -0.05) is 401 Å². The van der Waals surface area contributed by atoms with Gasteiger partial charge in [-0.2, -0.15) is 0 Å². The molecule has 6 aromatic heterocycles. The van der Waals surface area contributed by atoms with Gasteiger partial charge in [0.25, 0.3) is 0 Å². The normalized spacial score (nSPS) is 12.7. The lowest BCUT2D eigenvalue weighted by atomic mass is 9.92. The zero-order valence-corrected chi connectivity index (χ0v) is 75.9. The topological polar surface area (TPSA) is 100 Å². The van der Waals surface area contributed by atoms with Crippen molar-refractivity contribution in [2.75, 3.05) is 0 Å². The zero-order valence-electron chi connectivity index (χ0n) is 75.9. The first-order chi connectivity index (χ1) is 68.8. The van der Waals surface area contributed by atoms with Crippen molar-refractivity contribution in [3.05, 3.63) is 485 Å². The Morgan fingerprint density at radius 3 is 1.04 bits per heavy atom. The zero-order chi connectivity index (χ0) is 92.0. The van der Waals surface area contributed by atoms with Gasteiger partial charge in [0.15, 0.2) is 23.3 Å². The smallest absolute Gasteiger partial charge is 0.164 e. The van der Waals surface area contributed by atoms with Crippen LogP contribution < -0.4 is 0 Å². The first-order valence-corrected chi connectivity index (χ1v) is 47.5. The number of hydrogen-bond donors (Lipinski definition) is 0. The van der Waals surface area contributed by atoms with Crippen LogP contribution in [-0.4, -0.2) is 44.0 Å². The Bertz CT molecular complexity index is 9230. The van der Waals surface area contributed by atoms with Crippen molar-refractivity contribution in [1.82, 2.24) is 44.0 Å². The SMILES string of the molecule is CC1C=C(c2ccc(-c3cc(-c4ccc(-c5ccccc5)cc4)nc(-c4ccc(-c5ccc(-c6nc7ccccc7c7c8cc(-c9ccc(-c%10cccc(-c%11nc(-c%12cccc(-c%13ccccc%13)c%12)nc(-c%12ccc(-c%13ccc(-c%14nc%15ccccc%15c%15c%16ccccc%16n(-c%16ccccc%16)c%14%15)cc%13)c%13ccccc%12%13)n%11)c%10)cc9)ccc8n(-c8ccccc8)c67)cc5)c5ccccc45)n3)cc2)C=CC1. The lowest BCUT2D eigenvalue weighted by molar-refractivity contribution is 0.740. The fourth-order valence-corrected chi connectivity index (χ4v) is 20.9. The minimum absolute atomic E-state index is 0.497. The molecule has 0 bridgehead atoms. The highest BCUT2D eigenvalue weighted by Crippen LogP contribution is 2.48. The van der Waals surface area contributed by atoms with Crippen LogP contribution in [0.2, 0.25) is 0 Å². The van der Waals surface area contributed by atoms with E-state index in [4.69, 9.17) is 34.9 Å². The predicted molar refractivity (Wildman–Crippen MR) is 577 cm³/mol. The molecule has 0 fully saturated rings. The molecule has 0 N–H and O–H groups in total. The summed E-state index contributed by atoms with van der Waals surface area (Å²) in [6, 6.07) is 165. The summed E-state index contributed by atoms with van der Waals surface area (Å²) in [4.78, 5) is 38.4. The van der Waals surface area contributed by atoms with Crippen molar-refractivity contribution in [3.8, 4) is 169 Å². The van der Waals surface area contributed by atoms with Gasteiger partial charge in [0, 0.05) is 88.2 Å². The van der Waals surface area contributed by atoms with Crippen molar-refractivity contribution < 1.29 is 0 Å². The first-order valence-electron chi connectivity index (χ1n) is 47.5. The molecule has 9 nitrogen and oxygen atoms in total. The summed E-state index contributed by atoms with van der Waals surface area (Å²) in [6.45, 7) is 2.28. The van der Waals surface area contributed by atoms with Crippen LogP contribution in [0.4, 0.5) is 0 Å². The van der Waals surface area contributed by atoms with Crippen LogP contribution in [0.15, 0.2) is 479 Å². The summed E-state index contributed by atoms with van der Waals surface area (Å²) >= 11 is 0. The highest BCUT2D eigenvalue weighted by molar-refractivity contribution is 6.26. The van der Waals surface area contributed by atoms with Crippen LogP contribution in [0.5, 0.6) is 0 Å². The summed E-state index contributed by atoms with van der Waals surface area (Å²) in [7, 11) is 0. The number of para-hydroxylation sites is 5. The van der Waals surface area contributed by atoms with E-state index in [1.807, 2.05) is 0 Å². The number of nitrogens with zero attached hydrogens (tertiary/aromatic N) is 9. The maximum Gasteiger partial charge on any atom is 0.164 e. The van der Waals surface area contributed by atoms with Crippen LogP contribution in [-0.2, 0) is 0 Å². The van der Waals surface area contributed by atoms with E-state index in [2.05, 4.69) is 495 Å². The van der Waals surface area contributed by atoms with E-state index in [-0.39, 0.29) is 0 Å². The Morgan fingerprint density at radius 1 is 0.216 bits per heavy atom. The van der Waals surface area contributed by atoms with Crippen LogP contribution in [0.1, 0.15) is 18.9 Å². The molecular formula is C130H85N9. The van der Waals surface area contributed by atoms with Crippen molar-refractivity contribution in [1.29, 1.82) is 0 Å². The van der Waals surface area contributed by atoms with E-state index in [1.54, 1.807) is 0 Å². The molecule has 19 aromatic carbocycles. The van der Waals surface area contributed by atoms with Crippen molar-refractivity contribution in [2.24, 2.45) is 5.92 Å². The van der Waals surface area contributed by atoms with Gasteiger partial charge in [-0.15, -0.1) is 0 Å². The number of rotatable bonds is 17. The summed E-state index contributed by atoms with van der Waals surface area (Å²) in [5.74, 6) is 2.89. The van der Waals surface area contributed by atoms with Crippen LogP contribution >= 0.6 is 0 Å². The third-order valence-electron chi connectivity index (χ3n) is 27.7. The summed E-state index contributed by atoms with van der Waals surface area (Å²) < 4.78 is 4.79. The van der Waals surface area contributed by atoms with Gasteiger partial charge >= 0.3 is 0 Å². The molecule has 0 radical (unpaired) electrons. The van der Waals surface area contributed by atoms with E-state index in [0.717, 1.165) is 222 Å². The van der Waals surface area contributed by atoms with E-state index in [9.17, 15) is 0 Å². The Balaban J connectivity index is 0.533. The average molecular weight is 1770 g/mol. The Kier molecular flexibility index (Phi) is 20.1. The fraction of sp³-hybridized carbons (Fsp3) is 0.0231. The monoisotopic (exact) mass is 1770 g/mol. The molecule has 26 rings (SSSR count). The second-order valence-electron chi connectivity index (χ2n) is 36.2. The minimum Gasteiger partial charge on any atom is -0.307 e. The first kappa shape index (κ1) is 81.5. The lowest BCUT2D eigenvalue weighted by Gasteiger charge is -2.15. The number of aromatic nitrogens is 9. The van der Waals surface area contributed by atoms with Crippen LogP contribution in [0.25, 0.3) is 261 Å². The maximum atomic E-state index is 5.65. The van der Waals surface area contributed by atoms with Gasteiger partial charge < -0.3 is 9.13 Å². The van der Waals surface area contributed by atoms with Crippen molar-refractivity contribution in [3.63, 3.8) is 0 Å². The molecule has 0 amide bonds. The molecule has 0 saturated carbocycles. The molecular weight excluding hydrogens is 1690 g/mol. The predicted octanol–water partition coefficient (Wildman–Crippen LogP) is 33.6. The van der Waals surface area contributed by atoms with Crippen LogP contribution in [0, 0.1) is 5.92 Å². The van der Waals surface area contributed by atoms with Gasteiger partial charge in [0.2, 0.25) is 0 Å². The summed E-state index contributed by atoms with van der Waals surface area (Å²) in [5.41, 5.74) is 35.2. The minimum atomic E-state index is 0.497. The second-order valence-corrected chi connectivity index (χ2v) is 36.2. The number of allylic oxidation sites excluding steroid dienone is 4. The molecule has 650 valence electrons. The number of fused-ring (bicyclic) bond motifs is 12. The maximum absolute atomic E-state index is 5.65. The van der Waals surface area contributed by atoms with E-state index in [0.29, 0.717) is 29.2 Å². The highest BCUT2D eigenvalue weighted by atomic mass is 15.0. The van der Waals surface area contributed by atoms with Gasteiger partial charge in [-0.3, -0.25) is 0 Å². The summed E-state index contributed by atoms with van der Waals surface area (Å²) in [5, 5.41) is 11.2. The largest absolute Gasteiger partial charge is 0.307 e. The van der Waals surface area contributed by atoms with Gasteiger partial charge in [0.1, 0.15) is 0 Å². The van der Waals surface area contributed by atoms with E-state index >= 15 is 0 Å².